The van der Waals surface area contributed by atoms with Crippen molar-refractivity contribution >= 4 is 66.7 Å². The van der Waals surface area contributed by atoms with Crippen molar-refractivity contribution in [1.29, 1.82) is 0 Å². The van der Waals surface area contributed by atoms with E-state index in [1.165, 1.54) is 9.80 Å². The highest BCUT2D eigenvalue weighted by molar-refractivity contribution is 6.32. The quantitative estimate of drug-likeness (QED) is 0.0624. The molecule has 4 amide bonds. The molecule has 2 aliphatic heterocycles. The summed E-state index contributed by atoms with van der Waals surface area (Å²) in [4.78, 5) is 60.3. The van der Waals surface area contributed by atoms with E-state index in [2.05, 4.69) is 88.4 Å². The Morgan fingerprint density at radius 1 is 0.367 bits per heavy atom. The smallest absolute Gasteiger partial charge is 0.261 e. The summed E-state index contributed by atoms with van der Waals surface area (Å²) in [7, 11) is 0. The van der Waals surface area contributed by atoms with Crippen LogP contribution in [0.25, 0.3) is 65.3 Å². The first kappa shape index (κ1) is 39.3. The second-order valence-electron chi connectivity index (χ2n) is 16.7. The van der Waals surface area contributed by atoms with E-state index < -0.39 is 0 Å². The van der Waals surface area contributed by atoms with E-state index in [-0.39, 0.29) is 35.7 Å². The summed E-state index contributed by atoms with van der Waals surface area (Å²) < 4.78 is 0. The molecular formula is C54H52N2O4. The number of carbonyl (C=O) groups is 4. The van der Waals surface area contributed by atoms with E-state index in [0.717, 1.165) is 119 Å². The minimum Gasteiger partial charge on any atom is -0.271 e. The van der Waals surface area contributed by atoms with Gasteiger partial charge in [-0.3, -0.25) is 29.0 Å². The number of benzene rings is 7. The molecule has 0 N–H and O–H groups in total. The van der Waals surface area contributed by atoms with Crippen LogP contribution < -0.4 is 0 Å². The number of hydrogen-bond donors (Lipinski definition) is 0. The van der Waals surface area contributed by atoms with E-state index in [1.54, 1.807) is 0 Å². The topological polar surface area (TPSA) is 74.8 Å². The fraction of sp³-hybridized carbons (Fsp3) is 0.296. The zero-order valence-corrected chi connectivity index (χ0v) is 35.1. The van der Waals surface area contributed by atoms with Crippen molar-refractivity contribution in [2.24, 2.45) is 0 Å². The maximum atomic E-state index is 14.3. The normalized spacial score (nSPS) is 14.9. The first-order chi connectivity index (χ1) is 29.3. The number of nitrogens with zero attached hydrogens (tertiary/aromatic N) is 2. The van der Waals surface area contributed by atoms with Crippen molar-refractivity contribution < 1.29 is 19.2 Å². The molecular weight excluding hydrogens is 741 g/mol. The van der Waals surface area contributed by atoms with Crippen molar-refractivity contribution in [3.63, 3.8) is 0 Å². The second-order valence-corrected chi connectivity index (χ2v) is 16.7. The van der Waals surface area contributed by atoms with E-state index in [0.29, 0.717) is 33.0 Å². The average Bonchev–Trinajstić information content (AvgIpc) is 3.28. The lowest BCUT2D eigenvalue weighted by atomic mass is 9.81. The third-order valence-corrected chi connectivity index (χ3v) is 13.3. The number of unbranched alkanes of at least 4 members (excludes halogenated alkanes) is 4. The maximum Gasteiger partial charge on any atom is 0.261 e. The summed E-state index contributed by atoms with van der Waals surface area (Å²) in [6, 6.07) is 36.2. The predicted molar refractivity (Wildman–Crippen MR) is 245 cm³/mol. The summed E-state index contributed by atoms with van der Waals surface area (Å²) in [6.07, 6.45) is 9.31. The zero-order chi connectivity index (χ0) is 41.7. The largest absolute Gasteiger partial charge is 0.271 e. The van der Waals surface area contributed by atoms with Crippen LogP contribution in [-0.4, -0.2) is 45.5 Å². The SMILES string of the molecule is CCCCCC(CC)N1C(=O)c2cccc3c(-c4c5ccccc5c(-c5ccc6c7c(cccc57)C(=O)N(C(CC)CCCCC)C6=O)c5ccccc45)ccc(c23)C1=O. The molecule has 2 heterocycles. The average molecular weight is 793 g/mol. The van der Waals surface area contributed by atoms with Crippen LogP contribution in [0.15, 0.2) is 109 Å². The van der Waals surface area contributed by atoms with Gasteiger partial charge in [0.15, 0.2) is 0 Å². The van der Waals surface area contributed by atoms with Crippen molar-refractivity contribution in [2.75, 3.05) is 0 Å². The van der Waals surface area contributed by atoms with Gasteiger partial charge in [-0.25, -0.2) is 0 Å². The molecule has 0 aromatic heterocycles. The molecule has 0 saturated carbocycles. The van der Waals surface area contributed by atoms with E-state index >= 15 is 0 Å². The lowest BCUT2D eigenvalue weighted by Crippen LogP contribution is -2.46. The van der Waals surface area contributed by atoms with Crippen molar-refractivity contribution in [3.8, 4) is 22.3 Å². The molecule has 302 valence electrons. The van der Waals surface area contributed by atoms with Gasteiger partial charge in [0, 0.05) is 45.1 Å². The summed E-state index contributed by atoms with van der Waals surface area (Å²) in [5, 5.41) is 7.28. The second kappa shape index (κ2) is 16.1. The lowest BCUT2D eigenvalue weighted by Gasteiger charge is -2.34. The van der Waals surface area contributed by atoms with Gasteiger partial charge in [-0.15, -0.1) is 0 Å². The lowest BCUT2D eigenvalue weighted by molar-refractivity contribution is 0.0508. The number of fused-ring (bicyclic) bond motifs is 2. The molecule has 0 spiro atoms. The summed E-state index contributed by atoms with van der Waals surface area (Å²) >= 11 is 0. The van der Waals surface area contributed by atoms with Gasteiger partial charge in [-0.1, -0.05) is 151 Å². The van der Waals surface area contributed by atoms with Crippen LogP contribution in [0.4, 0.5) is 0 Å². The number of carbonyl (C=O) groups excluding carboxylic acids is 4. The molecule has 9 rings (SSSR count). The van der Waals surface area contributed by atoms with Crippen LogP contribution in [0.3, 0.4) is 0 Å². The molecule has 6 heteroatoms. The van der Waals surface area contributed by atoms with Gasteiger partial charge in [0.25, 0.3) is 23.6 Å². The zero-order valence-electron chi connectivity index (χ0n) is 35.1. The van der Waals surface area contributed by atoms with Gasteiger partial charge >= 0.3 is 0 Å². The van der Waals surface area contributed by atoms with Gasteiger partial charge in [0.1, 0.15) is 0 Å². The third-order valence-electron chi connectivity index (χ3n) is 13.3. The van der Waals surface area contributed by atoms with Crippen LogP contribution in [0.2, 0.25) is 0 Å². The van der Waals surface area contributed by atoms with Gasteiger partial charge in [0.05, 0.1) is 0 Å². The Hall–Kier alpha value is -6.14. The highest BCUT2D eigenvalue weighted by Crippen LogP contribution is 2.49. The van der Waals surface area contributed by atoms with Gasteiger partial charge in [-0.05, 0) is 105 Å². The Bertz CT molecular complexity index is 2590. The first-order valence-corrected chi connectivity index (χ1v) is 22.2. The van der Waals surface area contributed by atoms with Crippen LogP contribution in [0.1, 0.15) is 133 Å². The highest BCUT2D eigenvalue weighted by Gasteiger charge is 2.39. The van der Waals surface area contributed by atoms with Crippen LogP contribution >= 0.6 is 0 Å². The predicted octanol–water partition coefficient (Wildman–Crippen LogP) is 13.5. The molecule has 0 radical (unpaired) electrons. The Balaban J connectivity index is 1.23. The molecule has 2 aliphatic rings. The Labute approximate surface area is 352 Å². The summed E-state index contributed by atoms with van der Waals surface area (Å²) in [6.45, 7) is 8.45. The maximum absolute atomic E-state index is 14.3. The van der Waals surface area contributed by atoms with E-state index in [1.807, 2.05) is 48.5 Å². The molecule has 0 aliphatic carbocycles. The molecule has 2 atom stereocenters. The molecule has 2 unspecified atom stereocenters. The summed E-state index contributed by atoms with van der Waals surface area (Å²) in [5.74, 6) is -0.858. The van der Waals surface area contributed by atoms with Crippen molar-refractivity contribution in [3.05, 3.63) is 131 Å². The fourth-order valence-electron chi connectivity index (χ4n) is 10.3. The fourth-order valence-corrected chi connectivity index (χ4v) is 10.3. The Kier molecular flexibility index (Phi) is 10.6. The standard InChI is InChI=1S/C54H52N2O4/c1-5-9-11-19-33(7-3)55-51(57)43-27-17-25-39-41(29-31-45(49(39)43)53(55)59)47-35-21-13-15-23-37(35)48(38-24-16-14-22-36(38)47)42-30-32-46-50-40(42)26-18-28-44(50)52(58)56(54(46)60)34(8-4)20-12-10-6-2/h13-18,21-34H,5-12,19-20H2,1-4H3. The minimum atomic E-state index is -0.215. The Morgan fingerprint density at radius 3 is 1.02 bits per heavy atom. The molecule has 60 heavy (non-hydrogen) atoms. The molecule has 0 bridgehead atoms. The van der Waals surface area contributed by atoms with Gasteiger partial charge in [0.2, 0.25) is 0 Å². The number of rotatable bonds is 14. The van der Waals surface area contributed by atoms with Crippen LogP contribution in [0.5, 0.6) is 0 Å². The highest BCUT2D eigenvalue weighted by atomic mass is 16.2. The van der Waals surface area contributed by atoms with Crippen LogP contribution in [0, 0.1) is 0 Å². The third kappa shape index (κ3) is 6.14. The Morgan fingerprint density at radius 2 is 0.683 bits per heavy atom. The van der Waals surface area contributed by atoms with Gasteiger partial charge in [-0.2, -0.15) is 0 Å². The first-order valence-electron chi connectivity index (χ1n) is 22.2. The van der Waals surface area contributed by atoms with Crippen molar-refractivity contribution in [1.82, 2.24) is 9.80 Å². The number of imide groups is 2. The number of hydrogen-bond acceptors (Lipinski definition) is 4. The monoisotopic (exact) mass is 792 g/mol. The summed E-state index contributed by atoms with van der Waals surface area (Å²) in [5.41, 5.74) is 6.24. The molecule has 7 aromatic rings. The van der Waals surface area contributed by atoms with Crippen LogP contribution in [-0.2, 0) is 0 Å². The van der Waals surface area contributed by atoms with E-state index in [4.69, 9.17) is 0 Å². The van der Waals surface area contributed by atoms with Gasteiger partial charge < -0.3 is 0 Å². The molecule has 7 aromatic carbocycles. The number of amides is 4. The van der Waals surface area contributed by atoms with Crippen molar-refractivity contribution in [2.45, 2.75) is 104 Å². The molecule has 0 fully saturated rings. The van der Waals surface area contributed by atoms with E-state index in [9.17, 15) is 19.2 Å². The molecule has 0 saturated heterocycles. The minimum absolute atomic E-state index is 0.144. The molecule has 6 nitrogen and oxygen atoms in total.